The van der Waals surface area contributed by atoms with E-state index in [9.17, 15) is 4.79 Å². The predicted molar refractivity (Wildman–Crippen MR) is 103 cm³/mol. The molecule has 0 fully saturated rings. The van der Waals surface area contributed by atoms with E-state index >= 15 is 0 Å². The Morgan fingerprint density at radius 2 is 2.08 bits per heavy atom. The van der Waals surface area contributed by atoms with Crippen LogP contribution in [0.1, 0.15) is 26.3 Å². The molecule has 0 spiro atoms. The first-order chi connectivity index (χ1) is 11.3. The summed E-state index contributed by atoms with van der Waals surface area (Å²) >= 11 is 6.13. The number of halogens is 1. The SMILES string of the molecule is C=C(/C=C\C=C(C)C)N(C=O)C(=Nc1cccc(Cl)c1C)[C@H](C)N. The number of carbonyl (C=O) groups excluding carboxylic acids is 1. The third-order valence-electron chi connectivity index (χ3n) is 3.26. The lowest BCUT2D eigenvalue weighted by molar-refractivity contribution is -0.113. The van der Waals surface area contributed by atoms with Crippen molar-refractivity contribution in [2.45, 2.75) is 33.7 Å². The first-order valence-electron chi connectivity index (χ1n) is 7.62. The fourth-order valence-corrected chi connectivity index (χ4v) is 2.09. The van der Waals surface area contributed by atoms with Crippen molar-refractivity contribution >= 4 is 29.5 Å². The molecule has 1 rings (SSSR count). The summed E-state index contributed by atoms with van der Waals surface area (Å²) in [6.45, 7) is 11.5. The lowest BCUT2D eigenvalue weighted by Crippen LogP contribution is -2.40. The first kappa shape index (κ1) is 19.9. The number of hydrogen-bond donors (Lipinski definition) is 1. The molecule has 24 heavy (non-hydrogen) atoms. The highest BCUT2D eigenvalue weighted by molar-refractivity contribution is 6.31. The van der Waals surface area contributed by atoms with Crippen LogP contribution < -0.4 is 5.73 Å². The Bertz CT molecular complexity index is 699. The lowest BCUT2D eigenvalue weighted by Gasteiger charge is -2.23. The molecule has 0 aromatic heterocycles. The summed E-state index contributed by atoms with van der Waals surface area (Å²) in [7, 11) is 0. The highest BCUT2D eigenvalue weighted by Crippen LogP contribution is 2.26. The van der Waals surface area contributed by atoms with E-state index in [4.69, 9.17) is 17.3 Å². The van der Waals surface area contributed by atoms with E-state index in [1.54, 1.807) is 19.1 Å². The second-order valence-electron chi connectivity index (χ2n) is 5.71. The van der Waals surface area contributed by atoms with E-state index < -0.39 is 6.04 Å². The van der Waals surface area contributed by atoms with Crippen molar-refractivity contribution in [1.29, 1.82) is 0 Å². The average molecular weight is 346 g/mol. The van der Waals surface area contributed by atoms with Crippen LogP contribution in [-0.2, 0) is 4.79 Å². The Labute approximate surface area is 149 Å². The molecule has 0 radical (unpaired) electrons. The van der Waals surface area contributed by atoms with E-state index in [1.807, 2.05) is 45.1 Å². The predicted octanol–water partition coefficient (Wildman–Crippen LogP) is 4.52. The van der Waals surface area contributed by atoms with Crippen LogP contribution in [0.25, 0.3) is 0 Å². The molecule has 0 aliphatic rings. The largest absolute Gasteiger partial charge is 0.322 e. The normalized spacial score (nSPS) is 12.8. The van der Waals surface area contributed by atoms with Gasteiger partial charge in [0.15, 0.2) is 0 Å². The maximum atomic E-state index is 11.6. The summed E-state index contributed by atoms with van der Waals surface area (Å²) in [5.41, 5.74) is 9.15. The molecule has 4 nitrogen and oxygen atoms in total. The third-order valence-corrected chi connectivity index (χ3v) is 3.67. The Hall–Kier alpha value is -2.17. The standard InChI is InChI=1S/C19H24ClN3O/c1-13(2)8-6-9-14(3)23(12-24)19(16(5)21)22-18-11-7-10-17(20)15(18)4/h6-12,16H,3,21H2,1-2,4-5H3/b9-6-,22-19?/t16-/m0/s1. The zero-order valence-corrected chi connectivity index (χ0v) is 15.3. The molecule has 1 atom stereocenters. The number of amidine groups is 1. The third kappa shape index (κ3) is 5.48. The molecule has 5 heteroatoms. The van der Waals surface area contributed by atoms with Crippen LogP contribution >= 0.6 is 11.6 Å². The van der Waals surface area contributed by atoms with Gasteiger partial charge in [-0.15, -0.1) is 0 Å². The summed E-state index contributed by atoms with van der Waals surface area (Å²) in [4.78, 5) is 17.5. The molecule has 1 amide bonds. The molecule has 0 aliphatic carbocycles. The highest BCUT2D eigenvalue weighted by Gasteiger charge is 2.17. The summed E-state index contributed by atoms with van der Waals surface area (Å²) in [6, 6.07) is 4.97. The Kier molecular flexibility index (Phi) is 7.62. The van der Waals surface area contributed by atoms with Gasteiger partial charge in [-0.05, 0) is 51.5 Å². The number of allylic oxidation sites excluding steroid dienone is 4. The lowest BCUT2D eigenvalue weighted by atomic mass is 10.2. The molecule has 0 bridgehead atoms. The van der Waals surface area contributed by atoms with Crippen LogP contribution in [-0.4, -0.2) is 23.2 Å². The van der Waals surface area contributed by atoms with Crippen LogP contribution in [0.3, 0.4) is 0 Å². The van der Waals surface area contributed by atoms with Crippen molar-refractivity contribution in [3.63, 3.8) is 0 Å². The van der Waals surface area contributed by atoms with Gasteiger partial charge in [0.25, 0.3) is 0 Å². The van der Waals surface area contributed by atoms with Crippen LogP contribution in [0, 0.1) is 6.92 Å². The van der Waals surface area contributed by atoms with Gasteiger partial charge < -0.3 is 5.73 Å². The van der Waals surface area contributed by atoms with Gasteiger partial charge in [0.2, 0.25) is 6.41 Å². The second-order valence-corrected chi connectivity index (χ2v) is 6.12. The van der Waals surface area contributed by atoms with Crippen molar-refractivity contribution < 1.29 is 4.79 Å². The molecule has 0 saturated carbocycles. The number of benzene rings is 1. The van der Waals surface area contributed by atoms with Crippen LogP contribution in [0.5, 0.6) is 0 Å². The molecular weight excluding hydrogens is 322 g/mol. The van der Waals surface area contributed by atoms with Gasteiger partial charge in [-0.3, -0.25) is 9.69 Å². The minimum absolute atomic E-state index is 0.405. The molecule has 0 heterocycles. The number of rotatable bonds is 6. The van der Waals surface area contributed by atoms with E-state index in [2.05, 4.69) is 11.6 Å². The van der Waals surface area contributed by atoms with E-state index in [-0.39, 0.29) is 0 Å². The zero-order valence-electron chi connectivity index (χ0n) is 14.6. The van der Waals surface area contributed by atoms with E-state index in [1.165, 1.54) is 4.90 Å². The average Bonchev–Trinajstić information content (AvgIpc) is 2.50. The van der Waals surface area contributed by atoms with Crippen molar-refractivity contribution in [3.05, 3.63) is 64.9 Å². The number of carbonyl (C=O) groups is 1. The molecule has 0 unspecified atom stereocenters. The molecule has 128 valence electrons. The topological polar surface area (TPSA) is 58.7 Å². The number of nitrogens with two attached hydrogens (primary N) is 1. The van der Waals surface area contributed by atoms with Gasteiger partial charge in [-0.1, -0.05) is 42.0 Å². The quantitative estimate of drug-likeness (QED) is 0.356. The highest BCUT2D eigenvalue weighted by atomic mass is 35.5. The summed E-state index contributed by atoms with van der Waals surface area (Å²) in [5.74, 6) is 0.405. The van der Waals surface area contributed by atoms with Gasteiger partial charge >= 0.3 is 0 Å². The maximum absolute atomic E-state index is 11.6. The monoisotopic (exact) mass is 345 g/mol. The molecule has 2 N–H and O–H groups in total. The summed E-state index contributed by atoms with van der Waals surface area (Å²) in [5, 5.41) is 0.611. The van der Waals surface area contributed by atoms with Crippen LogP contribution in [0.2, 0.25) is 5.02 Å². The smallest absolute Gasteiger partial charge is 0.219 e. The molecular formula is C19H24ClN3O. The van der Waals surface area contributed by atoms with Crippen LogP contribution in [0.15, 0.2) is 59.3 Å². The van der Waals surface area contributed by atoms with Crippen molar-refractivity contribution in [3.8, 4) is 0 Å². The minimum atomic E-state index is -0.456. The number of hydrogen-bond acceptors (Lipinski definition) is 3. The van der Waals surface area contributed by atoms with E-state index in [0.717, 1.165) is 11.1 Å². The number of nitrogens with zero attached hydrogens (tertiary/aromatic N) is 2. The van der Waals surface area contributed by atoms with Gasteiger partial charge in [-0.25, -0.2) is 4.99 Å². The van der Waals surface area contributed by atoms with Crippen molar-refractivity contribution in [1.82, 2.24) is 4.90 Å². The first-order valence-corrected chi connectivity index (χ1v) is 8.00. The summed E-state index contributed by atoms with van der Waals surface area (Å²) in [6.07, 6.45) is 6.16. The second kappa shape index (κ2) is 9.21. The van der Waals surface area contributed by atoms with E-state index in [0.29, 0.717) is 28.7 Å². The van der Waals surface area contributed by atoms with Gasteiger partial charge in [0, 0.05) is 10.7 Å². The summed E-state index contributed by atoms with van der Waals surface area (Å²) < 4.78 is 0. The van der Waals surface area contributed by atoms with Gasteiger partial charge in [-0.2, -0.15) is 0 Å². The maximum Gasteiger partial charge on any atom is 0.219 e. The Morgan fingerprint density at radius 1 is 1.42 bits per heavy atom. The van der Waals surface area contributed by atoms with Crippen molar-refractivity contribution in [2.75, 3.05) is 0 Å². The van der Waals surface area contributed by atoms with Gasteiger partial charge in [0.1, 0.15) is 5.84 Å². The van der Waals surface area contributed by atoms with Gasteiger partial charge in [0.05, 0.1) is 11.7 Å². The molecule has 1 aromatic carbocycles. The minimum Gasteiger partial charge on any atom is -0.322 e. The zero-order chi connectivity index (χ0) is 18.3. The molecule has 0 saturated heterocycles. The Balaban J connectivity index is 3.26. The molecule has 1 aromatic rings. The fraction of sp³-hybridized carbons (Fsp3) is 0.263. The molecule has 0 aliphatic heterocycles. The fourth-order valence-electron chi connectivity index (χ4n) is 1.92. The van der Waals surface area contributed by atoms with Crippen LogP contribution in [0.4, 0.5) is 5.69 Å². The number of amides is 1. The Morgan fingerprint density at radius 3 is 2.62 bits per heavy atom. The van der Waals surface area contributed by atoms with Crippen molar-refractivity contribution in [2.24, 2.45) is 10.7 Å². The number of aliphatic imine (C=N–C) groups is 1.